The third kappa shape index (κ3) is 3.85. The smallest absolute Gasteiger partial charge is 0.329 e. The molecule has 1 saturated heterocycles. The van der Waals surface area contributed by atoms with Crippen molar-refractivity contribution in [1.29, 1.82) is 0 Å². The first kappa shape index (κ1) is 18.2. The molecule has 1 amide bonds. The molecule has 1 atom stereocenters. The zero-order chi connectivity index (χ0) is 17.1. The maximum absolute atomic E-state index is 12.6. The summed E-state index contributed by atoms with van der Waals surface area (Å²) >= 11 is 0. The highest BCUT2D eigenvalue weighted by molar-refractivity contribution is 7.93. The summed E-state index contributed by atoms with van der Waals surface area (Å²) in [6.07, 6.45) is 3.81. The van der Waals surface area contributed by atoms with Crippen molar-refractivity contribution in [2.75, 3.05) is 13.2 Å². The predicted molar refractivity (Wildman–Crippen MR) is 83.8 cm³/mol. The highest BCUT2D eigenvalue weighted by Gasteiger charge is 2.44. The van der Waals surface area contributed by atoms with Crippen LogP contribution in [0.4, 0.5) is 0 Å². The number of aliphatic carboxylic acids is 1. The van der Waals surface area contributed by atoms with Crippen molar-refractivity contribution in [2.45, 2.75) is 67.9 Å². The fourth-order valence-electron chi connectivity index (χ4n) is 3.33. The SMILES string of the molecule is CC(C(=O)NC1(C(=O)O)CCCCC1)S(=O)(=O)C1CCOCC1. The van der Waals surface area contributed by atoms with E-state index >= 15 is 0 Å². The molecule has 1 unspecified atom stereocenters. The Balaban J connectivity index is 2.10. The normalized spacial score (nSPS) is 23.9. The number of carbonyl (C=O) groups is 2. The van der Waals surface area contributed by atoms with E-state index < -0.39 is 37.8 Å². The number of carbonyl (C=O) groups excluding carboxylic acids is 1. The molecule has 2 fully saturated rings. The van der Waals surface area contributed by atoms with Crippen LogP contribution in [-0.2, 0) is 24.2 Å². The molecule has 2 rings (SSSR count). The van der Waals surface area contributed by atoms with Gasteiger partial charge in [-0.15, -0.1) is 0 Å². The molecule has 0 aromatic carbocycles. The summed E-state index contributed by atoms with van der Waals surface area (Å²) in [6.45, 7) is 2.09. The molecule has 1 heterocycles. The predicted octanol–water partition coefficient (Wildman–Crippen LogP) is 0.872. The molecule has 23 heavy (non-hydrogen) atoms. The van der Waals surface area contributed by atoms with Gasteiger partial charge in [0.2, 0.25) is 5.91 Å². The third-order valence-corrected chi connectivity index (χ3v) is 7.57. The van der Waals surface area contributed by atoms with Crippen LogP contribution >= 0.6 is 0 Å². The van der Waals surface area contributed by atoms with Crippen LogP contribution in [0.1, 0.15) is 51.9 Å². The summed E-state index contributed by atoms with van der Waals surface area (Å²) in [5.74, 6) is -1.79. The molecule has 1 saturated carbocycles. The zero-order valence-electron chi connectivity index (χ0n) is 13.4. The molecule has 2 N–H and O–H groups in total. The molecule has 7 nitrogen and oxygen atoms in total. The van der Waals surface area contributed by atoms with E-state index in [0.29, 0.717) is 51.7 Å². The number of nitrogens with one attached hydrogen (secondary N) is 1. The highest BCUT2D eigenvalue weighted by Crippen LogP contribution is 2.29. The summed E-state index contributed by atoms with van der Waals surface area (Å²) < 4.78 is 30.3. The van der Waals surface area contributed by atoms with Gasteiger partial charge in [0.1, 0.15) is 10.8 Å². The van der Waals surface area contributed by atoms with E-state index in [4.69, 9.17) is 4.74 Å². The molecule has 0 aromatic heterocycles. The second-order valence-electron chi connectivity index (χ2n) is 6.48. The van der Waals surface area contributed by atoms with Gasteiger partial charge >= 0.3 is 5.97 Å². The quantitative estimate of drug-likeness (QED) is 0.764. The Morgan fingerprint density at radius 2 is 1.74 bits per heavy atom. The average Bonchev–Trinajstić information content (AvgIpc) is 2.55. The molecule has 0 spiro atoms. The summed E-state index contributed by atoms with van der Waals surface area (Å²) in [6, 6.07) is 0. The fourth-order valence-corrected chi connectivity index (χ4v) is 5.11. The molecule has 0 aromatic rings. The van der Waals surface area contributed by atoms with Gasteiger partial charge in [-0.1, -0.05) is 19.3 Å². The Morgan fingerprint density at radius 3 is 2.26 bits per heavy atom. The maximum Gasteiger partial charge on any atom is 0.329 e. The summed E-state index contributed by atoms with van der Waals surface area (Å²) in [5, 5.41) is 10.2. The monoisotopic (exact) mass is 347 g/mol. The van der Waals surface area contributed by atoms with E-state index in [0.717, 1.165) is 6.42 Å². The number of carboxylic acid groups (broad SMARTS) is 1. The van der Waals surface area contributed by atoms with E-state index in [1.165, 1.54) is 6.92 Å². The first-order valence-corrected chi connectivity index (χ1v) is 9.76. The minimum atomic E-state index is -3.65. The maximum atomic E-state index is 12.6. The van der Waals surface area contributed by atoms with E-state index in [1.54, 1.807) is 0 Å². The summed E-state index contributed by atoms with van der Waals surface area (Å²) in [5.41, 5.74) is -1.32. The second-order valence-corrected chi connectivity index (χ2v) is 9.03. The van der Waals surface area contributed by atoms with Gasteiger partial charge in [-0.2, -0.15) is 0 Å². The van der Waals surface area contributed by atoms with E-state index in [1.807, 2.05) is 0 Å². The molecule has 1 aliphatic carbocycles. The molecule has 2 aliphatic rings. The number of hydrogen-bond acceptors (Lipinski definition) is 5. The molecule has 0 radical (unpaired) electrons. The zero-order valence-corrected chi connectivity index (χ0v) is 14.2. The highest BCUT2D eigenvalue weighted by atomic mass is 32.2. The largest absolute Gasteiger partial charge is 0.480 e. The van der Waals surface area contributed by atoms with Crippen LogP contribution in [0.15, 0.2) is 0 Å². The van der Waals surface area contributed by atoms with Crippen LogP contribution in [0, 0.1) is 0 Å². The Morgan fingerprint density at radius 1 is 1.17 bits per heavy atom. The van der Waals surface area contributed by atoms with Crippen LogP contribution in [-0.4, -0.2) is 54.7 Å². The number of rotatable bonds is 5. The summed E-state index contributed by atoms with van der Waals surface area (Å²) in [4.78, 5) is 24.0. The van der Waals surface area contributed by atoms with Gasteiger partial charge in [0.05, 0.1) is 5.25 Å². The second kappa shape index (κ2) is 7.17. The fraction of sp³-hybridized carbons (Fsp3) is 0.867. The molecule has 132 valence electrons. The van der Waals surface area contributed by atoms with Gasteiger partial charge in [-0.3, -0.25) is 4.79 Å². The Kier molecular flexibility index (Phi) is 5.67. The van der Waals surface area contributed by atoms with Crippen LogP contribution in [0.25, 0.3) is 0 Å². The third-order valence-electron chi connectivity index (χ3n) is 4.97. The van der Waals surface area contributed by atoms with Crippen molar-refractivity contribution >= 4 is 21.7 Å². The Bertz CT molecular complexity index is 546. The van der Waals surface area contributed by atoms with Gasteiger partial charge in [0, 0.05) is 13.2 Å². The Labute approximate surface area is 136 Å². The van der Waals surface area contributed by atoms with Crippen LogP contribution < -0.4 is 5.32 Å². The topological polar surface area (TPSA) is 110 Å². The minimum Gasteiger partial charge on any atom is -0.480 e. The van der Waals surface area contributed by atoms with Gasteiger partial charge in [0.25, 0.3) is 0 Å². The number of amides is 1. The first-order chi connectivity index (χ1) is 10.8. The van der Waals surface area contributed by atoms with Crippen molar-refractivity contribution < 1.29 is 27.9 Å². The number of carboxylic acids is 1. The van der Waals surface area contributed by atoms with Gasteiger partial charge in [-0.05, 0) is 32.6 Å². The van der Waals surface area contributed by atoms with Gasteiger partial charge in [-0.25, -0.2) is 13.2 Å². The number of ether oxygens (including phenoxy) is 1. The minimum absolute atomic E-state index is 0.345. The molecule has 1 aliphatic heterocycles. The first-order valence-electron chi connectivity index (χ1n) is 8.15. The van der Waals surface area contributed by atoms with E-state index in [2.05, 4.69) is 5.32 Å². The van der Waals surface area contributed by atoms with Crippen LogP contribution in [0.2, 0.25) is 0 Å². The van der Waals surface area contributed by atoms with Crippen molar-refractivity contribution in [1.82, 2.24) is 5.32 Å². The lowest BCUT2D eigenvalue weighted by Gasteiger charge is -2.35. The lowest BCUT2D eigenvalue weighted by Crippen LogP contribution is -2.58. The number of hydrogen-bond donors (Lipinski definition) is 2. The molecule has 8 heteroatoms. The molecular weight excluding hydrogens is 322 g/mol. The van der Waals surface area contributed by atoms with E-state index in [-0.39, 0.29) is 0 Å². The lowest BCUT2D eigenvalue weighted by molar-refractivity contribution is -0.149. The number of sulfone groups is 1. The van der Waals surface area contributed by atoms with Crippen LogP contribution in [0.5, 0.6) is 0 Å². The van der Waals surface area contributed by atoms with Crippen molar-refractivity contribution in [3.8, 4) is 0 Å². The Hall–Kier alpha value is -1.15. The molecular formula is C15H25NO6S. The van der Waals surface area contributed by atoms with Crippen LogP contribution in [0.3, 0.4) is 0 Å². The van der Waals surface area contributed by atoms with Gasteiger partial charge in [0.15, 0.2) is 9.84 Å². The van der Waals surface area contributed by atoms with Crippen molar-refractivity contribution in [3.05, 3.63) is 0 Å². The summed E-state index contributed by atoms with van der Waals surface area (Å²) in [7, 11) is -3.65. The van der Waals surface area contributed by atoms with Gasteiger partial charge < -0.3 is 15.2 Å². The average molecular weight is 347 g/mol. The van der Waals surface area contributed by atoms with E-state index in [9.17, 15) is 23.1 Å². The standard InChI is InChI=1S/C15H25NO6S/c1-11(23(20,21)12-5-9-22-10-6-12)13(17)16-15(14(18)19)7-3-2-4-8-15/h11-12H,2-10H2,1H3,(H,16,17)(H,18,19). The van der Waals surface area contributed by atoms with Crippen molar-refractivity contribution in [3.63, 3.8) is 0 Å². The molecule has 0 bridgehead atoms. The lowest BCUT2D eigenvalue weighted by atomic mass is 9.81. The van der Waals surface area contributed by atoms with Crippen molar-refractivity contribution in [2.24, 2.45) is 0 Å².